The number of hydrogen-bond acceptors (Lipinski definition) is 6. The van der Waals surface area contributed by atoms with E-state index in [1.807, 2.05) is 26.0 Å². The maximum Gasteiger partial charge on any atom is 0.251 e. The van der Waals surface area contributed by atoms with Crippen LogP contribution in [0.15, 0.2) is 24.3 Å². The predicted octanol–water partition coefficient (Wildman–Crippen LogP) is 2.37. The number of Topliss-reactive ketones (excluding diaryl/α,β-unsaturated/α-hetero) is 1. The normalized spacial score (nSPS) is 28.7. The third kappa shape index (κ3) is 4.95. The summed E-state index contributed by atoms with van der Waals surface area (Å²) in [6.45, 7) is 6.54. The molecule has 0 aromatic heterocycles. The molecule has 5 atom stereocenters. The van der Waals surface area contributed by atoms with E-state index in [4.69, 9.17) is 9.47 Å². The number of ketones is 1. The molecular weight excluding hydrogens is 458 g/mol. The molecule has 2 amide bonds. The molecule has 0 bridgehead atoms. The van der Waals surface area contributed by atoms with Gasteiger partial charge in [0.15, 0.2) is 5.78 Å². The molecule has 0 spiro atoms. The molecule has 1 aromatic carbocycles. The second kappa shape index (κ2) is 10.6. The average Bonchev–Trinajstić information content (AvgIpc) is 3.60. The maximum absolute atomic E-state index is 13.6. The van der Waals surface area contributed by atoms with Gasteiger partial charge in [0.05, 0.1) is 6.54 Å². The van der Waals surface area contributed by atoms with Gasteiger partial charge < -0.3 is 24.6 Å². The summed E-state index contributed by atoms with van der Waals surface area (Å²) in [5.41, 5.74) is 1.83. The number of nitrogens with one attached hydrogen (secondary N) is 1. The molecular formula is C28H39N3O5. The molecule has 0 radical (unpaired) electrons. The molecule has 4 aliphatic rings. The van der Waals surface area contributed by atoms with Crippen molar-refractivity contribution < 1.29 is 23.9 Å². The van der Waals surface area contributed by atoms with Crippen LogP contribution in [-0.2, 0) is 19.1 Å². The third-order valence-corrected chi connectivity index (χ3v) is 8.73. The monoisotopic (exact) mass is 497 g/mol. The van der Waals surface area contributed by atoms with Gasteiger partial charge in [-0.15, -0.1) is 0 Å². The number of amides is 2. The van der Waals surface area contributed by atoms with Crippen molar-refractivity contribution in [2.45, 2.75) is 82.2 Å². The zero-order chi connectivity index (χ0) is 25.4. The number of likely N-dealkylation sites (tertiary alicyclic amines) is 2. The standard InChI is InChI=1S/C28H39N3O5/c1-4-17(2)24(28(34)31-15-23(35-3)26-25(31)22(32)16-36-26)29-27(33)20-7-5-18(6-8-20)19-11-13-30(14-12-19)21-9-10-21/h5-8,17,19,21,23-26H,4,9-16H2,1-3H3,(H,29,33)/t17-,23-,24-,25+,26+/m0/s1. The number of ether oxygens (including phenoxy) is 2. The first-order valence-corrected chi connectivity index (χ1v) is 13.5. The first-order valence-electron chi connectivity index (χ1n) is 13.5. The van der Waals surface area contributed by atoms with Gasteiger partial charge >= 0.3 is 0 Å². The lowest BCUT2D eigenvalue weighted by molar-refractivity contribution is -0.139. The summed E-state index contributed by atoms with van der Waals surface area (Å²) < 4.78 is 11.1. The number of methoxy groups -OCH3 is 1. The van der Waals surface area contributed by atoms with Crippen molar-refractivity contribution in [1.29, 1.82) is 0 Å². The van der Waals surface area contributed by atoms with E-state index < -0.39 is 18.2 Å². The first kappa shape index (κ1) is 25.4. The van der Waals surface area contributed by atoms with E-state index in [1.54, 1.807) is 12.0 Å². The summed E-state index contributed by atoms with van der Waals surface area (Å²) in [5, 5.41) is 2.98. The Morgan fingerprint density at radius 2 is 1.83 bits per heavy atom. The highest BCUT2D eigenvalue weighted by Crippen LogP contribution is 2.35. The van der Waals surface area contributed by atoms with Crippen molar-refractivity contribution in [2.24, 2.45) is 5.92 Å². The second-order valence-electron chi connectivity index (χ2n) is 11.0. The van der Waals surface area contributed by atoms with Gasteiger partial charge in [0.25, 0.3) is 5.91 Å². The summed E-state index contributed by atoms with van der Waals surface area (Å²) in [4.78, 5) is 43.5. The topological polar surface area (TPSA) is 88.2 Å². The van der Waals surface area contributed by atoms with Crippen LogP contribution in [0.2, 0.25) is 0 Å². The molecule has 1 aliphatic carbocycles. The summed E-state index contributed by atoms with van der Waals surface area (Å²) in [6.07, 6.45) is 4.96. The summed E-state index contributed by atoms with van der Waals surface area (Å²) >= 11 is 0. The highest BCUT2D eigenvalue weighted by atomic mass is 16.5. The van der Waals surface area contributed by atoms with Crippen LogP contribution in [-0.4, -0.2) is 91.1 Å². The minimum Gasteiger partial charge on any atom is -0.377 e. The van der Waals surface area contributed by atoms with Crippen molar-refractivity contribution in [3.8, 4) is 0 Å². The molecule has 3 saturated heterocycles. The van der Waals surface area contributed by atoms with E-state index in [0.717, 1.165) is 38.4 Å². The fraction of sp³-hybridized carbons (Fsp3) is 0.679. The summed E-state index contributed by atoms with van der Waals surface area (Å²) in [7, 11) is 1.57. The fourth-order valence-electron chi connectivity index (χ4n) is 6.08. The van der Waals surface area contributed by atoms with Gasteiger partial charge in [0.1, 0.15) is 30.9 Å². The fourth-order valence-corrected chi connectivity index (χ4v) is 6.08. The Morgan fingerprint density at radius 1 is 1.14 bits per heavy atom. The van der Waals surface area contributed by atoms with E-state index in [2.05, 4.69) is 22.3 Å². The van der Waals surface area contributed by atoms with Crippen LogP contribution in [0.5, 0.6) is 0 Å². The van der Waals surface area contributed by atoms with Crippen LogP contribution < -0.4 is 5.32 Å². The molecule has 196 valence electrons. The lowest BCUT2D eigenvalue weighted by atomic mass is 9.89. The molecule has 8 heteroatoms. The lowest BCUT2D eigenvalue weighted by Crippen LogP contribution is -2.54. The van der Waals surface area contributed by atoms with Gasteiger partial charge in [0, 0.05) is 18.7 Å². The Morgan fingerprint density at radius 3 is 2.44 bits per heavy atom. The zero-order valence-electron chi connectivity index (χ0n) is 21.7. The minimum atomic E-state index is -0.724. The predicted molar refractivity (Wildman–Crippen MR) is 135 cm³/mol. The summed E-state index contributed by atoms with van der Waals surface area (Å²) in [6, 6.07) is 7.33. The molecule has 4 fully saturated rings. The average molecular weight is 498 g/mol. The zero-order valence-corrected chi connectivity index (χ0v) is 21.7. The smallest absolute Gasteiger partial charge is 0.251 e. The van der Waals surface area contributed by atoms with Crippen LogP contribution in [0, 0.1) is 5.92 Å². The number of carbonyl (C=O) groups excluding carboxylic acids is 3. The van der Waals surface area contributed by atoms with Gasteiger partial charge in [-0.3, -0.25) is 14.4 Å². The van der Waals surface area contributed by atoms with Gasteiger partial charge in [-0.25, -0.2) is 0 Å². The largest absolute Gasteiger partial charge is 0.377 e. The maximum atomic E-state index is 13.6. The van der Waals surface area contributed by atoms with Crippen molar-refractivity contribution in [3.05, 3.63) is 35.4 Å². The number of rotatable bonds is 8. The van der Waals surface area contributed by atoms with E-state index in [9.17, 15) is 14.4 Å². The molecule has 36 heavy (non-hydrogen) atoms. The van der Waals surface area contributed by atoms with Crippen molar-refractivity contribution >= 4 is 17.6 Å². The van der Waals surface area contributed by atoms with Gasteiger partial charge in [-0.05, 0) is 68.3 Å². The number of nitrogens with zero attached hydrogens (tertiary/aromatic N) is 2. The Hall–Kier alpha value is -2.29. The molecule has 8 nitrogen and oxygen atoms in total. The van der Waals surface area contributed by atoms with E-state index >= 15 is 0 Å². The van der Waals surface area contributed by atoms with Crippen molar-refractivity contribution in [2.75, 3.05) is 33.4 Å². The number of fused-ring (bicyclic) bond motifs is 1. The number of hydrogen-bond donors (Lipinski definition) is 1. The summed E-state index contributed by atoms with van der Waals surface area (Å²) in [5.74, 6) is -0.174. The highest BCUT2D eigenvalue weighted by molar-refractivity contribution is 5.99. The number of benzene rings is 1. The Balaban J connectivity index is 1.24. The Bertz CT molecular complexity index is 970. The van der Waals surface area contributed by atoms with Crippen LogP contribution in [0.4, 0.5) is 0 Å². The number of carbonyl (C=O) groups is 3. The molecule has 1 aromatic rings. The number of piperidine rings is 1. The van der Waals surface area contributed by atoms with Crippen molar-refractivity contribution in [3.63, 3.8) is 0 Å². The second-order valence-corrected chi connectivity index (χ2v) is 11.0. The third-order valence-electron chi connectivity index (χ3n) is 8.73. The van der Waals surface area contributed by atoms with Crippen LogP contribution >= 0.6 is 0 Å². The minimum absolute atomic E-state index is 0.00865. The molecule has 1 N–H and O–H groups in total. The quantitative estimate of drug-likeness (QED) is 0.593. The van der Waals surface area contributed by atoms with Gasteiger partial charge in [-0.1, -0.05) is 32.4 Å². The van der Waals surface area contributed by atoms with Gasteiger partial charge in [0.2, 0.25) is 5.91 Å². The van der Waals surface area contributed by atoms with E-state index in [0.29, 0.717) is 11.5 Å². The molecule has 5 rings (SSSR count). The van der Waals surface area contributed by atoms with Crippen LogP contribution in [0.1, 0.15) is 67.8 Å². The van der Waals surface area contributed by atoms with E-state index in [-0.39, 0.29) is 42.8 Å². The molecule has 1 saturated carbocycles. The van der Waals surface area contributed by atoms with Crippen LogP contribution in [0.25, 0.3) is 0 Å². The molecule has 3 heterocycles. The van der Waals surface area contributed by atoms with Gasteiger partial charge in [-0.2, -0.15) is 0 Å². The van der Waals surface area contributed by atoms with Crippen molar-refractivity contribution in [1.82, 2.24) is 15.1 Å². The van der Waals surface area contributed by atoms with Crippen LogP contribution in [0.3, 0.4) is 0 Å². The SMILES string of the molecule is CC[C@H](C)[C@H](NC(=O)c1ccc(C2CCN(C3CC3)CC2)cc1)C(=O)N1C[C@H](OC)[C@H]2OCC(=O)[C@H]21. The Labute approximate surface area is 213 Å². The lowest BCUT2D eigenvalue weighted by Gasteiger charge is -2.32. The Kier molecular flexibility index (Phi) is 7.47. The first-order chi connectivity index (χ1) is 17.4. The van der Waals surface area contributed by atoms with E-state index in [1.165, 1.54) is 18.4 Å². The molecule has 0 unspecified atom stereocenters. The highest BCUT2D eigenvalue weighted by Gasteiger charge is 2.53. The molecule has 3 aliphatic heterocycles.